The molecule has 9 heteroatoms. The fourth-order valence-electron chi connectivity index (χ4n) is 1.55. The summed E-state index contributed by atoms with van der Waals surface area (Å²) in [5.74, 6) is -0.870. The first-order valence-electron chi connectivity index (χ1n) is 5.94. The summed E-state index contributed by atoms with van der Waals surface area (Å²) >= 11 is 0. The van der Waals surface area contributed by atoms with Crippen molar-refractivity contribution in [1.29, 1.82) is 0 Å². The molecule has 0 aliphatic carbocycles. The smallest absolute Gasteiger partial charge is 0.417 e. The van der Waals surface area contributed by atoms with Gasteiger partial charge in [-0.3, -0.25) is 4.79 Å². The van der Waals surface area contributed by atoms with Crippen LogP contribution in [0.4, 0.5) is 13.2 Å². The quantitative estimate of drug-likeness (QED) is 0.840. The number of sulfonamides is 1. The van der Waals surface area contributed by atoms with Crippen LogP contribution in [0.5, 0.6) is 0 Å². The Hall–Kier alpha value is -1.61. The molecule has 0 amide bonds. The second-order valence-electron chi connectivity index (χ2n) is 4.09. The molecule has 0 heterocycles. The van der Waals surface area contributed by atoms with E-state index in [1.54, 1.807) is 0 Å². The van der Waals surface area contributed by atoms with Crippen LogP contribution < -0.4 is 4.72 Å². The van der Waals surface area contributed by atoms with Crippen LogP contribution in [-0.4, -0.2) is 27.0 Å². The number of rotatable bonds is 5. The Morgan fingerprint density at radius 2 is 1.90 bits per heavy atom. The molecule has 5 nitrogen and oxygen atoms in total. The molecule has 21 heavy (non-hydrogen) atoms. The van der Waals surface area contributed by atoms with E-state index in [2.05, 4.69) is 4.74 Å². The number of benzene rings is 1. The Morgan fingerprint density at radius 1 is 1.33 bits per heavy atom. The van der Waals surface area contributed by atoms with Crippen molar-refractivity contribution in [1.82, 2.24) is 4.72 Å². The normalized spacial score (nSPS) is 13.8. The van der Waals surface area contributed by atoms with Gasteiger partial charge in [-0.15, -0.1) is 0 Å². The van der Waals surface area contributed by atoms with E-state index in [1.807, 2.05) is 4.72 Å². The molecule has 0 aromatic heterocycles. The van der Waals surface area contributed by atoms with Crippen LogP contribution in [0.3, 0.4) is 0 Å². The highest BCUT2D eigenvalue weighted by Crippen LogP contribution is 2.33. The third-order valence-electron chi connectivity index (χ3n) is 2.45. The molecular weight excluding hydrogens is 311 g/mol. The van der Waals surface area contributed by atoms with Crippen molar-refractivity contribution < 1.29 is 31.1 Å². The third kappa shape index (κ3) is 4.43. The first-order valence-corrected chi connectivity index (χ1v) is 7.43. The van der Waals surface area contributed by atoms with E-state index in [-0.39, 0.29) is 6.61 Å². The summed E-state index contributed by atoms with van der Waals surface area (Å²) < 4.78 is 68.9. The highest BCUT2D eigenvalue weighted by Gasteiger charge is 2.37. The first kappa shape index (κ1) is 17.4. The van der Waals surface area contributed by atoms with Crippen LogP contribution in [0.15, 0.2) is 29.2 Å². The number of hydrogen-bond acceptors (Lipinski definition) is 4. The summed E-state index contributed by atoms with van der Waals surface area (Å²) in [6.07, 6.45) is -4.82. The first-order chi connectivity index (χ1) is 9.59. The minimum absolute atomic E-state index is 0.0318. The average molecular weight is 325 g/mol. The number of carbonyl (C=O) groups excluding carboxylic acids is 1. The predicted molar refractivity (Wildman–Crippen MR) is 67.9 cm³/mol. The minimum atomic E-state index is -4.82. The van der Waals surface area contributed by atoms with Gasteiger partial charge in [-0.1, -0.05) is 12.1 Å². The Labute approximate surface area is 120 Å². The molecule has 0 fully saturated rings. The highest BCUT2D eigenvalue weighted by atomic mass is 32.2. The monoisotopic (exact) mass is 325 g/mol. The molecular formula is C12H14F3NO4S. The van der Waals surface area contributed by atoms with E-state index in [0.717, 1.165) is 12.1 Å². The molecule has 1 aromatic rings. The number of nitrogens with one attached hydrogen (secondary N) is 1. The number of hydrogen-bond donors (Lipinski definition) is 1. The van der Waals surface area contributed by atoms with Crippen molar-refractivity contribution in [2.45, 2.75) is 31.0 Å². The number of alkyl halides is 3. The summed E-state index contributed by atoms with van der Waals surface area (Å²) in [4.78, 5) is 10.4. The second kappa shape index (κ2) is 6.44. The van der Waals surface area contributed by atoms with Crippen LogP contribution in [0.2, 0.25) is 0 Å². The second-order valence-corrected chi connectivity index (χ2v) is 5.77. The Balaban J connectivity index is 3.13. The molecule has 0 spiro atoms. The molecule has 0 aliphatic heterocycles. The SMILES string of the molecule is CCOC(=O)C(C)NS(=O)(=O)c1ccccc1C(F)(F)F. The van der Waals surface area contributed by atoms with Gasteiger partial charge in [0.25, 0.3) is 0 Å². The molecule has 1 atom stereocenters. The molecule has 0 bridgehead atoms. The number of halogens is 3. The molecule has 0 saturated heterocycles. The fraction of sp³-hybridized carbons (Fsp3) is 0.417. The van der Waals surface area contributed by atoms with Crippen LogP contribution in [0.1, 0.15) is 19.4 Å². The van der Waals surface area contributed by atoms with Crippen LogP contribution in [0, 0.1) is 0 Å². The van der Waals surface area contributed by atoms with Gasteiger partial charge in [0.15, 0.2) is 0 Å². The fourth-order valence-corrected chi connectivity index (χ4v) is 2.97. The van der Waals surface area contributed by atoms with Gasteiger partial charge in [0.05, 0.1) is 17.1 Å². The Bertz CT molecular complexity index is 613. The molecule has 1 unspecified atom stereocenters. The summed E-state index contributed by atoms with van der Waals surface area (Å²) in [6.45, 7) is 2.74. The molecule has 1 aromatic carbocycles. The lowest BCUT2D eigenvalue weighted by molar-refractivity contribution is -0.144. The van der Waals surface area contributed by atoms with Crippen LogP contribution in [-0.2, 0) is 25.7 Å². The predicted octanol–water partition coefficient (Wildman–Crippen LogP) is 1.94. The van der Waals surface area contributed by atoms with Crippen molar-refractivity contribution in [2.75, 3.05) is 6.61 Å². The summed E-state index contributed by atoms with van der Waals surface area (Å²) in [5.41, 5.74) is -1.30. The number of ether oxygens (including phenoxy) is 1. The molecule has 1 rings (SSSR count). The van der Waals surface area contributed by atoms with E-state index in [4.69, 9.17) is 0 Å². The van der Waals surface area contributed by atoms with Crippen molar-refractivity contribution in [3.8, 4) is 0 Å². The topological polar surface area (TPSA) is 72.5 Å². The largest absolute Gasteiger partial charge is 0.465 e. The van der Waals surface area contributed by atoms with E-state index in [1.165, 1.54) is 19.9 Å². The molecule has 0 radical (unpaired) electrons. The van der Waals surface area contributed by atoms with Crippen molar-refractivity contribution in [3.63, 3.8) is 0 Å². The summed E-state index contributed by atoms with van der Waals surface area (Å²) in [7, 11) is -4.51. The molecule has 0 aliphatic rings. The standard InChI is InChI=1S/C12H14F3NO4S/c1-3-20-11(17)8(2)16-21(18,19)10-7-5-4-6-9(10)12(13,14)15/h4-8,16H,3H2,1-2H3. The Morgan fingerprint density at radius 3 is 2.43 bits per heavy atom. The van der Waals surface area contributed by atoms with Crippen LogP contribution >= 0.6 is 0 Å². The van der Waals surface area contributed by atoms with E-state index in [0.29, 0.717) is 6.07 Å². The van der Waals surface area contributed by atoms with Gasteiger partial charge in [0.2, 0.25) is 10.0 Å². The molecule has 1 N–H and O–H groups in total. The van der Waals surface area contributed by atoms with E-state index >= 15 is 0 Å². The lowest BCUT2D eigenvalue weighted by Gasteiger charge is -2.16. The van der Waals surface area contributed by atoms with E-state index < -0.39 is 38.7 Å². The zero-order valence-corrected chi connectivity index (χ0v) is 12.1. The van der Waals surface area contributed by atoms with Crippen molar-refractivity contribution in [3.05, 3.63) is 29.8 Å². The van der Waals surface area contributed by atoms with Gasteiger partial charge >= 0.3 is 12.1 Å². The lowest BCUT2D eigenvalue weighted by atomic mass is 10.2. The zero-order valence-electron chi connectivity index (χ0n) is 11.3. The highest BCUT2D eigenvalue weighted by molar-refractivity contribution is 7.89. The minimum Gasteiger partial charge on any atom is -0.465 e. The van der Waals surface area contributed by atoms with Gasteiger partial charge in [-0.2, -0.15) is 17.9 Å². The number of esters is 1. The number of carbonyl (C=O) groups is 1. The Kier molecular flexibility index (Phi) is 5.35. The average Bonchev–Trinajstić information content (AvgIpc) is 2.37. The van der Waals surface area contributed by atoms with E-state index in [9.17, 15) is 26.4 Å². The van der Waals surface area contributed by atoms with Crippen molar-refractivity contribution >= 4 is 16.0 Å². The maximum atomic E-state index is 12.8. The zero-order chi connectivity index (χ0) is 16.3. The third-order valence-corrected chi connectivity index (χ3v) is 4.05. The maximum absolute atomic E-state index is 12.8. The molecule has 118 valence electrons. The van der Waals surface area contributed by atoms with Crippen molar-refractivity contribution in [2.24, 2.45) is 0 Å². The molecule has 0 saturated carbocycles. The van der Waals surface area contributed by atoms with Gasteiger partial charge in [-0.25, -0.2) is 8.42 Å². The van der Waals surface area contributed by atoms with Gasteiger partial charge in [0, 0.05) is 0 Å². The summed E-state index contributed by atoms with van der Waals surface area (Å²) in [5, 5.41) is 0. The summed E-state index contributed by atoms with van der Waals surface area (Å²) in [6, 6.07) is 2.43. The maximum Gasteiger partial charge on any atom is 0.417 e. The lowest BCUT2D eigenvalue weighted by Crippen LogP contribution is -2.40. The van der Waals surface area contributed by atoms with Gasteiger partial charge < -0.3 is 4.74 Å². The van der Waals surface area contributed by atoms with Gasteiger partial charge in [-0.05, 0) is 26.0 Å². The van der Waals surface area contributed by atoms with Gasteiger partial charge in [0.1, 0.15) is 6.04 Å². The van der Waals surface area contributed by atoms with Crippen LogP contribution in [0.25, 0.3) is 0 Å².